The molecule has 1 aromatic rings. The first-order chi connectivity index (χ1) is 15.0. The SMILES string of the molecule is CC(=O)c1nc2c(c(N[C@H](C)C3CCC3)n1)N1CC3CC[C@@H](C)C4=C3N(CCO4)C1N2. The average Bonchev–Trinajstić information content (AvgIpc) is 3.08. The van der Waals surface area contributed by atoms with Gasteiger partial charge in [0.05, 0.1) is 12.2 Å². The molecule has 0 radical (unpaired) electrons. The van der Waals surface area contributed by atoms with Crippen LogP contribution in [-0.4, -0.2) is 52.7 Å². The van der Waals surface area contributed by atoms with Gasteiger partial charge in [-0.15, -0.1) is 0 Å². The maximum atomic E-state index is 12.2. The molecule has 1 saturated heterocycles. The summed E-state index contributed by atoms with van der Waals surface area (Å²) in [5, 5.41) is 7.29. The molecule has 166 valence electrons. The molecule has 3 aliphatic heterocycles. The fourth-order valence-corrected chi connectivity index (χ4v) is 5.93. The fraction of sp³-hybridized carbons (Fsp3) is 0.696. The Morgan fingerprint density at radius 3 is 2.81 bits per heavy atom. The van der Waals surface area contributed by atoms with Gasteiger partial charge in [-0.25, -0.2) is 9.97 Å². The number of nitrogens with zero attached hydrogens (tertiary/aromatic N) is 4. The first kappa shape index (κ1) is 19.2. The highest BCUT2D eigenvalue weighted by molar-refractivity contribution is 5.94. The van der Waals surface area contributed by atoms with Gasteiger partial charge in [0.1, 0.15) is 18.1 Å². The molecule has 8 nitrogen and oxygen atoms in total. The van der Waals surface area contributed by atoms with Crippen molar-refractivity contribution in [1.82, 2.24) is 14.9 Å². The summed E-state index contributed by atoms with van der Waals surface area (Å²) in [7, 11) is 0. The van der Waals surface area contributed by atoms with Crippen LogP contribution in [0.15, 0.2) is 11.5 Å². The lowest BCUT2D eigenvalue weighted by atomic mass is 9.80. The molecule has 5 aliphatic rings. The van der Waals surface area contributed by atoms with Crippen molar-refractivity contribution in [3.05, 3.63) is 17.3 Å². The quantitative estimate of drug-likeness (QED) is 0.712. The summed E-state index contributed by atoms with van der Waals surface area (Å²) in [6, 6.07) is 0.331. The lowest BCUT2D eigenvalue weighted by Gasteiger charge is -2.52. The third kappa shape index (κ3) is 2.90. The monoisotopic (exact) mass is 424 g/mol. The number of ketones is 1. The molecule has 2 N–H and O–H groups in total. The Morgan fingerprint density at radius 2 is 2.06 bits per heavy atom. The normalized spacial score (nSPS) is 29.8. The van der Waals surface area contributed by atoms with Crippen molar-refractivity contribution in [2.24, 2.45) is 17.8 Å². The number of allylic oxidation sites excluding steroid dienone is 1. The molecule has 8 heteroatoms. The third-order valence-corrected chi connectivity index (χ3v) is 7.91. The zero-order valence-corrected chi connectivity index (χ0v) is 18.6. The van der Waals surface area contributed by atoms with E-state index in [-0.39, 0.29) is 17.9 Å². The van der Waals surface area contributed by atoms with E-state index in [1.165, 1.54) is 50.5 Å². The Bertz CT molecular complexity index is 958. The Labute approximate surface area is 183 Å². The van der Waals surface area contributed by atoms with Crippen molar-refractivity contribution in [1.29, 1.82) is 0 Å². The summed E-state index contributed by atoms with van der Waals surface area (Å²) < 4.78 is 6.13. The summed E-state index contributed by atoms with van der Waals surface area (Å²) in [6.07, 6.45) is 6.17. The van der Waals surface area contributed by atoms with Crippen LogP contribution < -0.4 is 15.5 Å². The molecule has 2 aliphatic carbocycles. The van der Waals surface area contributed by atoms with Gasteiger partial charge in [-0.05, 0) is 38.5 Å². The van der Waals surface area contributed by atoms with E-state index in [4.69, 9.17) is 9.72 Å². The topological polar surface area (TPSA) is 82.6 Å². The molecule has 2 unspecified atom stereocenters. The largest absolute Gasteiger partial charge is 0.494 e. The molecule has 4 heterocycles. The second-order valence-electron chi connectivity index (χ2n) is 9.91. The second-order valence-corrected chi connectivity index (χ2v) is 9.91. The van der Waals surface area contributed by atoms with Crippen LogP contribution >= 0.6 is 0 Å². The van der Waals surface area contributed by atoms with Gasteiger partial charge in [0.15, 0.2) is 29.5 Å². The summed E-state index contributed by atoms with van der Waals surface area (Å²) in [4.78, 5) is 26.4. The summed E-state index contributed by atoms with van der Waals surface area (Å²) >= 11 is 0. The van der Waals surface area contributed by atoms with E-state index in [1.807, 2.05) is 0 Å². The maximum Gasteiger partial charge on any atom is 0.199 e. The number of nitrogens with one attached hydrogen (secondary N) is 2. The minimum absolute atomic E-state index is 0.00140. The van der Waals surface area contributed by atoms with Gasteiger partial charge in [-0.3, -0.25) is 4.79 Å². The lowest BCUT2D eigenvalue weighted by Crippen LogP contribution is -2.60. The van der Waals surface area contributed by atoms with Crippen LogP contribution in [0.3, 0.4) is 0 Å². The van der Waals surface area contributed by atoms with Gasteiger partial charge < -0.3 is 25.2 Å². The Hall–Kier alpha value is -2.51. The molecule has 31 heavy (non-hydrogen) atoms. The predicted molar refractivity (Wildman–Crippen MR) is 119 cm³/mol. The van der Waals surface area contributed by atoms with Gasteiger partial charge in [0.2, 0.25) is 0 Å². The Kier molecular flexibility index (Phi) is 4.34. The molecule has 4 atom stereocenters. The highest BCUT2D eigenvalue weighted by atomic mass is 16.5. The molecule has 6 rings (SSSR count). The van der Waals surface area contributed by atoms with Crippen LogP contribution in [0.2, 0.25) is 0 Å². The lowest BCUT2D eigenvalue weighted by molar-refractivity contribution is 0.0491. The smallest absolute Gasteiger partial charge is 0.199 e. The highest BCUT2D eigenvalue weighted by Crippen LogP contribution is 2.49. The molecule has 1 saturated carbocycles. The van der Waals surface area contributed by atoms with E-state index in [9.17, 15) is 4.79 Å². The predicted octanol–water partition coefficient (Wildman–Crippen LogP) is 3.40. The number of ether oxygens (including phenoxy) is 1. The zero-order chi connectivity index (χ0) is 21.3. The molecule has 0 bridgehead atoms. The van der Waals surface area contributed by atoms with Gasteiger partial charge in [-0.2, -0.15) is 0 Å². The number of fused-ring (bicyclic) bond motifs is 4. The van der Waals surface area contributed by atoms with Gasteiger partial charge in [0.25, 0.3) is 0 Å². The van der Waals surface area contributed by atoms with E-state index in [0.29, 0.717) is 30.4 Å². The maximum absolute atomic E-state index is 12.2. The van der Waals surface area contributed by atoms with E-state index in [1.54, 1.807) is 0 Å². The molecular weight excluding hydrogens is 392 g/mol. The Balaban J connectivity index is 1.40. The number of carbonyl (C=O) groups excluding carboxylic acids is 1. The number of aromatic nitrogens is 2. The van der Waals surface area contributed by atoms with Crippen LogP contribution in [0, 0.1) is 17.8 Å². The van der Waals surface area contributed by atoms with Crippen LogP contribution in [0.1, 0.15) is 63.5 Å². The van der Waals surface area contributed by atoms with Gasteiger partial charge in [0, 0.05) is 31.3 Å². The van der Waals surface area contributed by atoms with Crippen molar-refractivity contribution in [2.45, 2.75) is 65.2 Å². The molecule has 0 aromatic carbocycles. The first-order valence-electron chi connectivity index (χ1n) is 11.9. The summed E-state index contributed by atoms with van der Waals surface area (Å²) in [6.45, 7) is 8.55. The standard InChI is InChI=1S/C23H32N6O2/c1-12-7-8-16-11-29-18-21(24-13(2)15-5-4-6-15)25-20(14(3)30)26-22(18)27-23(29)28-9-10-31-19(12)17(16)28/h12-13,15-16,23H,4-11H2,1-3H3,(H2,24,25,26,27)/t12-,13-,16?,23?/m1/s1. The van der Waals surface area contributed by atoms with Crippen molar-refractivity contribution in [2.75, 3.05) is 35.2 Å². The minimum Gasteiger partial charge on any atom is -0.494 e. The molecule has 2 fully saturated rings. The van der Waals surface area contributed by atoms with E-state index in [2.05, 4.69) is 39.3 Å². The van der Waals surface area contributed by atoms with E-state index in [0.717, 1.165) is 30.4 Å². The van der Waals surface area contributed by atoms with Crippen LogP contribution in [0.5, 0.6) is 0 Å². The van der Waals surface area contributed by atoms with E-state index < -0.39 is 0 Å². The number of hydrogen-bond donors (Lipinski definition) is 2. The van der Waals surface area contributed by atoms with Gasteiger partial charge >= 0.3 is 0 Å². The number of Topliss-reactive ketones (excluding diaryl/α,β-unsaturated/α-hetero) is 1. The van der Waals surface area contributed by atoms with Crippen molar-refractivity contribution >= 4 is 23.1 Å². The summed E-state index contributed by atoms with van der Waals surface area (Å²) in [5.41, 5.74) is 2.40. The summed E-state index contributed by atoms with van der Waals surface area (Å²) in [5.74, 6) is 4.55. The third-order valence-electron chi connectivity index (χ3n) is 7.91. The first-order valence-corrected chi connectivity index (χ1v) is 11.9. The van der Waals surface area contributed by atoms with Crippen LogP contribution in [0.25, 0.3) is 0 Å². The molecule has 0 amide bonds. The van der Waals surface area contributed by atoms with Gasteiger partial charge in [-0.1, -0.05) is 13.3 Å². The van der Waals surface area contributed by atoms with Crippen LogP contribution in [0.4, 0.5) is 17.3 Å². The number of carbonyl (C=O) groups is 1. The van der Waals surface area contributed by atoms with Crippen molar-refractivity contribution < 1.29 is 9.53 Å². The molecule has 0 spiro atoms. The average molecular weight is 425 g/mol. The highest BCUT2D eigenvalue weighted by Gasteiger charge is 2.48. The number of hydrogen-bond acceptors (Lipinski definition) is 8. The minimum atomic E-state index is -0.104. The van der Waals surface area contributed by atoms with E-state index >= 15 is 0 Å². The van der Waals surface area contributed by atoms with Crippen molar-refractivity contribution in [3.8, 4) is 0 Å². The number of rotatable bonds is 4. The molecule has 1 aromatic heterocycles. The van der Waals surface area contributed by atoms with Crippen molar-refractivity contribution in [3.63, 3.8) is 0 Å². The second kappa shape index (κ2) is 7.00. The zero-order valence-electron chi connectivity index (χ0n) is 18.6. The van der Waals surface area contributed by atoms with Crippen LogP contribution in [-0.2, 0) is 4.74 Å². The number of anilines is 3. The Morgan fingerprint density at radius 1 is 1.23 bits per heavy atom. The molecular formula is C23H32N6O2. The fourth-order valence-electron chi connectivity index (χ4n) is 5.93.